The highest BCUT2D eigenvalue weighted by Crippen LogP contribution is 2.43. The van der Waals surface area contributed by atoms with Crippen molar-refractivity contribution in [2.75, 3.05) is 18.1 Å². The number of fused-ring (bicyclic) bond motifs is 1. The summed E-state index contributed by atoms with van der Waals surface area (Å²) in [6, 6.07) is 11.2. The van der Waals surface area contributed by atoms with Gasteiger partial charge in [-0.2, -0.15) is 13.2 Å². The molecule has 1 saturated carbocycles. The van der Waals surface area contributed by atoms with E-state index in [-0.39, 0.29) is 29.1 Å². The third-order valence-electron chi connectivity index (χ3n) is 6.19. The third-order valence-corrected chi connectivity index (χ3v) is 6.52. The number of rotatable bonds is 4. The maximum absolute atomic E-state index is 13.2. The zero-order valence-corrected chi connectivity index (χ0v) is 18.7. The standard InChI is InChI=1S/C24H24ClF3N4O/c1-30-18-5-3-2-4-15(18)23(33)31-14-8-6-13(7-9-14)21-16(25)10-11-19-22(21)17(29)12-20(32-19)24(26,27)28/h2-5,10-14,30H,6-9H2,1H3,(H2,29,32)(H,31,33). The molecule has 1 aliphatic carbocycles. The third kappa shape index (κ3) is 4.71. The molecule has 5 nitrogen and oxygen atoms in total. The van der Waals surface area contributed by atoms with Gasteiger partial charge in [0.25, 0.3) is 5.91 Å². The average molecular weight is 477 g/mol. The number of alkyl halides is 3. The molecule has 0 unspecified atom stereocenters. The lowest BCUT2D eigenvalue weighted by atomic mass is 9.80. The van der Waals surface area contributed by atoms with Crippen molar-refractivity contribution in [2.45, 2.75) is 43.8 Å². The number of aromatic nitrogens is 1. The van der Waals surface area contributed by atoms with Crippen LogP contribution in [0.2, 0.25) is 5.02 Å². The van der Waals surface area contributed by atoms with Crippen molar-refractivity contribution < 1.29 is 18.0 Å². The summed E-state index contributed by atoms with van der Waals surface area (Å²) in [5.41, 5.74) is 7.31. The second-order valence-electron chi connectivity index (χ2n) is 8.27. The minimum Gasteiger partial charge on any atom is -0.398 e. The minimum absolute atomic E-state index is 0.000261. The molecule has 4 N–H and O–H groups in total. The second-order valence-corrected chi connectivity index (χ2v) is 8.67. The van der Waals surface area contributed by atoms with Gasteiger partial charge in [0.1, 0.15) is 5.69 Å². The van der Waals surface area contributed by atoms with Gasteiger partial charge in [0.15, 0.2) is 0 Å². The van der Waals surface area contributed by atoms with Crippen LogP contribution >= 0.6 is 11.6 Å². The van der Waals surface area contributed by atoms with Gasteiger partial charge >= 0.3 is 6.18 Å². The van der Waals surface area contributed by atoms with Crippen LogP contribution in [0.25, 0.3) is 10.9 Å². The first kappa shape index (κ1) is 23.2. The van der Waals surface area contributed by atoms with E-state index in [9.17, 15) is 18.0 Å². The first-order valence-electron chi connectivity index (χ1n) is 10.7. The molecule has 4 rings (SSSR count). The van der Waals surface area contributed by atoms with Crippen LogP contribution < -0.4 is 16.4 Å². The summed E-state index contributed by atoms with van der Waals surface area (Å²) in [5.74, 6) is -0.125. The lowest BCUT2D eigenvalue weighted by molar-refractivity contribution is -0.140. The summed E-state index contributed by atoms with van der Waals surface area (Å²) in [6.07, 6.45) is -1.70. The summed E-state index contributed by atoms with van der Waals surface area (Å²) in [6.45, 7) is 0. The van der Waals surface area contributed by atoms with E-state index in [4.69, 9.17) is 17.3 Å². The quantitative estimate of drug-likeness (QED) is 0.432. The fourth-order valence-corrected chi connectivity index (χ4v) is 4.91. The highest BCUT2D eigenvalue weighted by molar-refractivity contribution is 6.32. The topological polar surface area (TPSA) is 80.0 Å². The van der Waals surface area contributed by atoms with Crippen LogP contribution in [0.3, 0.4) is 0 Å². The van der Waals surface area contributed by atoms with E-state index < -0.39 is 11.9 Å². The van der Waals surface area contributed by atoms with Crippen molar-refractivity contribution in [1.29, 1.82) is 0 Å². The fraction of sp³-hybridized carbons (Fsp3) is 0.333. The van der Waals surface area contributed by atoms with E-state index in [0.29, 0.717) is 16.0 Å². The monoisotopic (exact) mass is 476 g/mol. The zero-order chi connectivity index (χ0) is 23.8. The highest BCUT2D eigenvalue weighted by atomic mass is 35.5. The molecule has 1 amide bonds. The number of anilines is 2. The molecule has 1 aromatic heterocycles. The van der Waals surface area contributed by atoms with Crippen molar-refractivity contribution in [3.05, 3.63) is 64.3 Å². The molecule has 2 aromatic carbocycles. The number of nitrogens with zero attached hydrogens (tertiary/aromatic N) is 1. The van der Waals surface area contributed by atoms with E-state index in [0.717, 1.165) is 43.0 Å². The Morgan fingerprint density at radius 3 is 2.48 bits per heavy atom. The Bertz CT molecular complexity index is 1190. The molecule has 9 heteroatoms. The molecule has 1 heterocycles. The van der Waals surface area contributed by atoms with E-state index >= 15 is 0 Å². The number of para-hydroxylation sites is 1. The van der Waals surface area contributed by atoms with Gasteiger partial charge < -0.3 is 16.4 Å². The second kappa shape index (κ2) is 9.09. The summed E-state index contributed by atoms with van der Waals surface area (Å²) in [5, 5.41) is 7.06. The zero-order valence-electron chi connectivity index (χ0n) is 18.0. The summed E-state index contributed by atoms with van der Waals surface area (Å²) in [4.78, 5) is 16.5. The smallest absolute Gasteiger partial charge is 0.398 e. The van der Waals surface area contributed by atoms with Crippen molar-refractivity contribution in [3.8, 4) is 0 Å². The molecule has 0 aliphatic heterocycles. The molecule has 33 heavy (non-hydrogen) atoms. The van der Waals surface area contributed by atoms with Crippen LogP contribution in [0, 0.1) is 0 Å². The molecular weight excluding hydrogens is 453 g/mol. The van der Waals surface area contributed by atoms with Gasteiger partial charge in [-0.15, -0.1) is 0 Å². The Morgan fingerprint density at radius 1 is 1.12 bits per heavy atom. The summed E-state index contributed by atoms with van der Waals surface area (Å²) >= 11 is 6.49. The molecule has 3 aromatic rings. The number of hydrogen-bond acceptors (Lipinski definition) is 4. The molecule has 0 bridgehead atoms. The SMILES string of the molecule is CNc1ccccc1C(=O)NC1CCC(c2c(Cl)ccc3nc(C(F)(F)F)cc(N)c23)CC1. The van der Waals surface area contributed by atoms with Crippen LogP contribution in [-0.4, -0.2) is 24.0 Å². The van der Waals surface area contributed by atoms with Crippen molar-refractivity contribution in [2.24, 2.45) is 0 Å². The number of carbonyl (C=O) groups is 1. The molecule has 174 valence electrons. The predicted octanol–water partition coefficient (Wildman–Crippen LogP) is 5.99. The van der Waals surface area contributed by atoms with Gasteiger partial charge in [0, 0.05) is 34.9 Å². The van der Waals surface area contributed by atoms with Crippen LogP contribution in [0.4, 0.5) is 24.5 Å². The number of carbonyl (C=O) groups excluding carboxylic acids is 1. The van der Waals surface area contributed by atoms with Crippen molar-refractivity contribution >= 4 is 39.8 Å². The van der Waals surface area contributed by atoms with E-state index in [2.05, 4.69) is 15.6 Å². The Morgan fingerprint density at radius 2 is 1.82 bits per heavy atom. The van der Waals surface area contributed by atoms with Gasteiger partial charge in [-0.05, 0) is 67.5 Å². The van der Waals surface area contributed by atoms with E-state index in [1.54, 1.807) is 19.2 Å². The predicted molar refractivity (Wildman–Crippen MR) is 125 cm³/mol. The number of amides is 1. The van der Waals surface area contributed by atoms with Crippen LogP contribution in [0.15, 0.2) is 42.5 Å². The highest BCUT2D eigenvalue weighted by Gasteiger charge is 2.34. The number of halogens is 4. The molecule has 0 saturated heterocycles. The molecule has 0 spiro atoms. The van der Waals surface area contributed by atoms with Crippen molar-refractivity contribution in [1.82, 2.24) is 10.3 Å². The lowest BCUT2D eigenvalue weighted by Crippen LogP contribution is -2.37. The summed E-state index contributed by atoms with van der Waals surface area (Å²) < 4.78 is 39.5. The first-order valence-corrected chi connectivity index (χ1v) is 11.1. The maximum atomic E-state index is 13.2. The number of nitrogens with one attached hydrogen (secondary N) is 2. The minimum atomic E-state index is -4.58. The number of nitrogen functional groups attached to an aromatic ring is 1. The molecule has 1 aliphatic rings. The fourth-order valence-electron chi connectivity index (χ4n) is 4.59. The van der Waals surface area contributed by atoms with E-state index in [1.165, 1.54) is 6.07 Å². The van der Waals surface area contributed by atoms with Crippen molar-refractivity contribution in [3.63, 3.8) is 0 Å². The molecule has 1 fully saturated rings. The largest absolute Gasteiger partial charge is 0.433 e. The Labute approximate surface area is 194 Å². The van der Waals surface area contributed by atoms with Gasteiger partial charge in [-0.25, -0.2) is 4.98 Å². The Hall–Kier alpha value is -3.00. The Balaban J connectivity index is 1.53. The first-order chi connectivity index (χ1) is 15.7. The van der Waals surface area contributed by atoms with Gasteiger partial charge in [0.05, 0.1) is 11.1 Å². The van der Waals surface area contributed by atoms with Crippen LogP contribution in [-0.2, 0) is 6.18 Å². The van der Waals surface area contributed by atoms with Crippen LogP contribution in [0.1, 0.15) is 53.2 Å². The number of pyridine rings is 1. The van der Waals surface area contributed by atoms with Gasteiger partial charge in [-0.1, -0.05) is 23.7 Å². The number of benzene rings is 2. The van der Waals surface area contributed by atoms with Crippen LogP contribution in [0.5, 0.6) is 0 Å². The average Bonchev–Trinajstić information content (AvgIpc) is 2.79. The molecule has 0 atom stereocenters. The van der Waals surface area contributed by atoms with E-state index in [1.807, 2.05) is 18.2 Å². The summed E-state index contributed by atoms with van der Waals surface area (Å²) in [7, 11) is 1.77. The Kier molecular flexibility index (Phi) is 6.38. The number of nitrogens with two attached hydrogens (primary N) is 1. The normalized spacial score (nSPS) is 18.8. The number of hydrogen-bond donors (Lipinski definition) is 3. The maximum Gasteiger partial charge on any atom is 0.433 e. The molecule has 0 radical (unpaired) electrons. The molecular formula is C24H24ClF3N4O. The lowest BCUT2D eigenvalue weighted by Gasteiger charge is -2.31. The van der Waals surface area contributed by atoms with Gasteiger partial charge in [-0.3, -0.25) is 4.79 Å². The van der Waals surface area contributed by atoms with Gasteiger partial charge in [0.2, 0.25) is 0 Å².